The molecule has 0 saturated carbocycles. The van der Waals surface area contributed by atoms with Crippen LogP contribution >= 0.6 is 11.6 Å². The molecule has 0 N–H and O–H groups in total. The molecule has 1 aliphatic rings. The second-order valence-corrected chi connectivity index (χ2v) is 6.74. The Morgan fingerprint density at radius 3 is 2.27 bits per heavy atom. The van der Waals surface area contributed by atoms with E-state index in [9.17, 15) is 9.59 Å². The van der Waals surface area contributed by atoms with Crippen LogP contribution in [0.25, 0.3) is 0 Å². The highest BCUT2D eigenvalue weighted by molar-refractivity contribution is 6.30. The minimum atomic E-state index is 0.0469. The van der Waals surface area contributed by atoms with E-state index >= 15 is 0 Å². The molecule has 7 nitrogen and oxygen atoms in total. The predicted molar refractivity (Wildman–Crippen MR) is 95.7 cm³/mol. The number of hydrogen-bond donors (Lipinski definition) is 0. The van der Waals surface area contributed by atoms with Crippen molar-refractivity contribution in [2.75, 3.05) is 26.2 Å². The minimum absolute atomic E-state index is 0.0469. The highest BCUT2D eigenvalue weighted by Gasteiger charge is 2.24. The van der Waals surface area contributed by atoms with E-state index in [0.29, 0.717) is 62.2 Å². The van der Waals surface area contributed by atoms with Gasteiger partial charge in [0.05, 0.1) is 6.42 Å². The van der Waals surface area contributed by atoms with Gasteiger partial charge in [-0.3, -0.25) is 9.59 Å². The number of aromatic nitrogens is 2. The van der Waals surface area contributed by atoms with E-state index in [1.165, 1.54) is 0 Å². The topological polar surface area (TPSA) is 79.5 Å². The third-order valence-corrected chi connectivity index (χ3v) is 4.63. The van der Waals surface area contributed by atoms with E-state index in [0.717, 1.165) is 5.56 Å². The van der Waals surface area contributed by atoms with E-state index < -0.39 is 0 Å². The number of halogens is 1. The number of amides is 2. The van der Waals surface area contributed by atoms with Gasteiger partial charge in [-0.1, -0.05) is 28.9 Å². The Morgan fingerprint density at radius 1 is 1.08 bits per heavy atom. The summed E-state index contributed by atoms with van der Waals surface area (Å²) >= 11 is 5.86. The number of hydrogen-bond acceptors (Lipinski definition) is 5. The normalized spacial score (nSPS) is 14.5. The number of carbonyl (C=O) groups excluding carboxylic acids is 2. The molecular weight excluding hydrogens is 356 g/mol. The van der Waals surface area contributed by atoms with Gasteiger partial charge in [0.25, 0.3) is 0 Å². The molecule has 1 fully saturated rings. The molecule has 26 heavy (non-hydrogen) atoms. The zero-order valence-electron chi connectivity index (χ0n) is 14.7. The molecule has 2 heterocycles. The quantitative estimate of drug-likeness (QED) is 0.796. The van der Waals surface area contributed by atoms with Crippen LogP contribution in [0.3, 0.4) is 0 Å². The Bertz CT molecular complexity index is 767. The maximum Gasteiger partial charge on any atom is 0.227 e. The molecule has 1 aromatic heterocycles. The van der Waals surface area contributed by atoms with E-state index in [1.54, 1.807) is 28.9 Å². The molecule has 0 bridgehead atoms. The molecule has 0 atom stereocenters. The molecule has 1 aliphatic heterocycles. The largest absolute Gasteiger partial charge is 0.339 e. The van der Waals surface area contributed by atoms with Crippen LogP contribution in [-0.4, -0.2) is 57.9 Å². The fourth-order valence-corrected chi connectivity index (χ4v) is 3.03. The smallest absolute Gasteiger partial charge is 0.227 e. The van der Waals surface area contributed by atoms with Crippen LogP contribution in [0.15, 0.2) is 28.8 Å². The van der Waals surface area contributed by atoms with Crippen molar-refractivity contribution in [3.05, 3.63) is 46.6 Å². The summed E-state index contributed by atoms with van der Waals surface area (Å²) < 4.78 is 5.02. The van der Waals surface area contributed by atoms with Crippen molar-refractivity contribution in [3.8, 4) is 0 Å². The SMILES string of the molecule is Cc1noc(CCC(=O)N2CCN(C(=O)Cc3ccc(Cl)cc3)CC2)n1. The van der Waals surface area contributed by atoms with Crippen molar-refractivity contribution >= 4 is 23.4 Å². The average Bonchev–Trinajstić information content (AvgIpc) is 3.07. The Balaban J connectivity index is 1.43. The third kappa shape index (κ3) is 4.82. The molecule has 8 heteroatoms. The number of aryl methyl sites for hydroxylation is 2. The van der Waals surface area contributed by atoms with Crippen molar-refractivity contribution in [2.24, 2.45) is 0 Å². The van der Waals surface area contributed by atoms with Gasteiger partial charge in [-0.2, -0.15) is 4.98 Å². The van der Waals surface area contributed by atoms with E-state index in [2.05, 4.69) is 10.1 Å². The lowest BCUT2D eigenvalue weighted by Gasteiger charge is -2.35. The molecule has 1 aromatic carbocycles. The third-order valence-electron chi connectivity index (χ3n) is 4.38. The van der Waals surface area contributed by atoms with E-state index in [-0.39, 0.29) is 11.8 Å². The molecule has 2 aromatic rings. The van der Waals surface area contributed by atoms with Crippen LogP contribution < -0.4 is 0 Å². The number of benzene rings is 1. The second-order valence-electron chi connectivity index (χ2n) is 6.30. The standard InChI is InChI=1S/C18H21ClN4O3/c1-13-20-16(26-21-13)6-7-17(24)22-8-10-23(11-9-22)18(25)12-14-2-4-15(19)5-3-14/h2-5H,6-12H2,1H3. The Labute approximate surface area is 156 Å². The highest BCUT2D eigenvalue weighted by atomic mass is 35.5. The second kappa shape index (κ2) is 8.31. The average molecular weight is 377 g/mol. The summed E-state index contributed by atoms with van der Waals surface area (Å²) in [4.78, 5) is 32.4. The fourth-order valence-electron chi connectivity index (χ4n) is 2.91. The lowest BCUT2D eigenvalue weighted by atomic mass is 10.1. The minimum Gasteiger partial charge on any atom is -0.339 e. The monoisotopic (exact) mass is 376 g/mol. The zero-order chi connectivity index (χ0) is 18.5. The van der Waals surface area contributed by atoms with Gasteiger partial charge in [-0.15, -0.1) is 0 Å². The predicted octanol–water partition coefficient (Wildman–Crippen LogP) is 1.88. The van der Waals surface area contributed by atoms with Crippen molar-refractivity contribution in [1.82, 2.24) is 19.9 Å². The van der Waals surface area contributed by atoms with Crippen molar-refractivity contribution in [3.63, 3.8) is 0 Å². The first kappa shape index (κ1) is 18.4. The molecule has 0 unspecified atom stereocenters. The number of rotatable bonds is 5. The number of piperazine rings is 1. The summed E-state index contributed by atoms with van der Waals surface area (Å²) in [7, 11) is 0. The van der Waals surface area contributed by atoms with Gasteiger partial charge in [-0.05, 0) is 24.6 Å². The summed E-state index contributed by atoms with van der Waals surface area (Å²) in [5.74, 6) is 1.17. The molecule has 138 valence electrons. The summed E-state index contributed by atoms with van der Waals surface area (Å²) in [6.45, 7) is 3.95. The fraction of sp³-hybridized carbons (Fsp3) is 0.444. The van der Waals surface area contributed by atoms with Gasteiger partial charge in [0, 0.05) is 44.0 Å². The molecule has 2 amide bonds. The Hall–Kier alpha value is -2.41. The van der Waals surface area contributed by atoms with Gasteiger partial charge in [0.1, 0.15) is 0 Å². The molecule has 1 saturated heterocycles. The van der Waals surface area contributed by atoms with Gasteiger partial charge in [0.2, 0.25) is 17.7 Å². The van der Waals surface area contributed by atoms with Gasteiger partial charge < -0.3 is 14.3 Å². The molecule has 0 aliphatic carbocycles. The molecule has 3 rings (SSSR count). The zero-order valence-corrected chi connectivity index (χ0v) is 15.4. The van der Waals surface area contributed by atoms with Crippen LogP contribution in [0.5, 0.6) is 0 Å². The van der Waals surface area contributed by atoms with Crippen LogP contribution in [0.2, 0.25) is 5.02 Å². The van der Waals surface area contributed by atoms with Crippen molar-refractivity contribution in [1.29, 1.82) is 0 Å². The van der Waals surface area contributed by atoms with Crippen molar-refractivity contribution < 1.29 is 14.1 Å². The van der Waals surface area contributed by atoms with Crippen LogP contribution in [0.1, 0.15) is 23.7 Å². The van der Waals surface area contributed by atoms with Crippen molar-refractivity contribution in [2.45, 2.75) is 26.2 Å². The van der Waals surface area contributed by atoms with Gasteiger partial charge >= 0.3 is 0 Å². The maximum absolute atomic E-state index is 12.4. The first-order chi connectivity index (χ1) is 12.5. The maximum atomic E-state index is 12.4. The first-order valence-electron chi connectivity index (χ1n) is 8.60. The summed E-state index contributed by atoms with van der Waals surface area (Å²) in [5.41, 5.74) is 0.938. The molecule has 0 radical (unpaired) electrons. The Morgan fingerprint density at radius 2 is 1.69 bits per heavy atom. The van der Waals surface area contributed by atoms with Crippen LogP contribution in [0, 0.1) is 6.92 Å². The van der Waals surface area contributed by atoms with Gasteiger partial charge in [-0.25, -0.2) is 0 Å². The van der Waals surface area contributed by atoms with E-state index in [4.69, 9.17) is 16.1 Å². The lowest BCUT2D eigenvalue weighted by molar-refractivity contribution is -0.139. The van der Waals surface area contributed by atoms with Crippen LogP contribution in [-0.2, 0) is 22.4 Å². The lowest BCUT2D eigenvalue weighted by Crippen LogP contribution is -2.51. The Kier molecular flexibility index (Phi) is 5.88. The first-order valence-corrected chi connectivity index (χ1v) is 8.98. The number of carbonyl (C=O) groups is 2. The molecule has 0 spiro atoms. The van der Waals surface area contributed by atoms with E-state index in [1.807, 2.05) is 12.1 Å². The molecular formula is C18H21ClN4O3. The van der Waals surface area contributed by atoms with Crippen LogP contribution in [0.4, 0.5) is 0 Å². The summed E-state index contributed by atoms with van der Waals surface area (Å²) in [5, 5.41) is 4.37. The summed E-state index contributed by atoms with van der Waals surface area (Å²) in [6.07, 6.45) is 1.12. The van der Waals surface area contributed by atoms with Gasteiger partial charge in [0.15, 0.2) is 5.82 Å². The highest BCUT2D eigenvalue weighted by Crippen LogP contribution is 2.12. The number of nitrogens with zero attached hydrogens (tertiary/aromatic N) is 4. The summed E-state index contributed by atoms with van der Waals surface area (Å²) in [6, 6.07) is 7.29.